The summed E-state index contributed by atoms with van der Waals surface area (Å²) < 4.78 is 35.8. The Morgan fingerprint density at radius 2 is 1.82 bits per heavy atom. The number of benzene rings is 3. The smallest absolute Gasteiger partial charge is 0.311 e. The number of furan rings is 1. The topological polar surface area (TPSA) is 106 Å². The summed E-state index contributed by atoms with van der Waals surface area (Å²) in [5.41, 5.74) is 6.62. The summed E-state index contributed by atoms with van der Waals surface area (Å²) in [6, 6.07) is 13.7. The number of para-hydroxylation sites is 1. The molecule has 3 aromatic carbocycles. The predicted octanol–water partition coefficient (Wildman–Crippen LogP) is 5.67. The van der Waals surface area contributed by atoms with Crippen molar-refractivity contribution in [3.05, 3.63) is 89.2 Å². The Labute approximate surface area is 194 Å². The zero-order valence-corrected chi connectivity index (χ0v) is 18.3. The van der Waals surface area contributed by atoms with E-state index in [9.17, 15) is 14.7 Å². The van der Waals surface area contributed by atoms with E-state index in [-0.39, 0.29) is 45.5 Å². The molecule has 0 spiro atoms. The van der Waals surface area contributed by atoms with Crippen molar-refractivity contribution in [2.75, 3.05) is 5.32 Å². The number of nitrogens with one attached hydrogen (secondary N) is 1. The fraction of sp³-hybridized carbons (Fsp3) is 0.154. The lowest BCUT2D eigenvalue weighted by molar-refractivity contribution is -0.138. The van der Waals surface area contributed by atoms with Crippen LogP contribution in [-0.2, 0) is 11.3 Å². The van der Waals surface area contributed by atoms with Crippen LogP contribution in [0, 0.1) is 11.6 Å². The van der Waals surface area contributed by atoms with Gasteiger partial charge in [0.2, 0.25) is 0 Å². The van der Waals surface area contributed by atoms with Crippen molar-refractivity contribution in [3.63, 3.8) is 0 Å². The zero-order chi connectivity index (χ0) is 24.4. The van der Waals surface area contributed by atoms with E-state index in [0.29, 0.717) is 12.0 Å². The van der Waals surface area contributed by atoms with Crippen molar-refractivity contribution in [3.8, 4) is 11.1 Å². The van der Waals surface area contributed by atoms with Crippen molar-refractivity contribution < 1.29 is 27.9 Å². The number of hydrogen-bond acceptors (Lipinski definition) is 4. The van der Waals surface area contributed by atoms with Crippen LogP contribution < -0.4 is 11.1 Å². The van der Waals surface area contributed by atoms with Crippen LogP contribution in [0.15, 0.2) is 65.3 Å². The largest absolute Gasteiger partial charge is 0.481 e. The van der Waals surface area contributed by atoms with Gasteiger partial charge in [-0.3, -0.25) is 9.59 Å². The maximum Gasteiger partial charge on any atom is 0.311 e. The molecule has 6 nitrogen and oxygen atoms in total. The standard InChI is InChI=1S/C26H22F2N2O4/c1-2-15(26(32)33)16-7-3-4-9-21(16)30-25(31)20-12-19(24-18(23(20)28)10-11-34-24)17-8-5-6-14(13-29)22(17)27/h3-12,15H,2,13,29H2,1H3,(H,30,31)(H,32,33). The number of carbonyl (C=O) groups is 2. The normalized spacial score (nSPS) is 12.0. The minimum absolute atomic E-state index is 0.0189. The molecule has 0 saturated heterocycles. The number of fused-ring (bicyclic) bond motifs is 1. The number of carboxylic acid groups (broad SMARTS) is 1. The second kappa shape index (κ2) is 9.44. The van der Waals surface area contributed by atoms with Gasteiger partial charge in [-0.2, -0.15) is 0 Å². The molecule has 1 heterocycles. The molecular formula is C26H22F2N2O4. The van der Waals surface area contributed by atoms with Gasteiger partial charge >= 0.3 is 5.97 Å². The third-order valence-electron chi connectivity index (χ3n) is 5.80. The number of rotatable bonds is 7. The Balaban J connectivity index is 1.82. The van der Waals surface area contributed by atoms with Crippen LogP contribution in [0.1, 0.15) is 40.7 Å². The number of carbonyl (C=O) groups excluding carboxylic acids is 1. The van der Waals surface area contributed by atoms with Gasteiger partial charge < -0.3 is 20.6 Å². The van der Waals surface area contributed by atoms with E-state index in [1.165, 1.54) is 24.5 Å². The molecule has 1 unspecified atom stereocenters. The SMILES string of the molecule is CCC(C(=O)O)c1ccccc1NC(=O)c1cc(-c2cccc(CN)c2F)c2occc2c1F. The minimum Gasteiger partial charge on any atom is -0.481 e. The van der Waals surface area contributed by atoms with Crippen molar-refractivity contribution >= 4 is 28.5 Å². The lowest BCUT2D eigenvalue weighted by Crippen LogP contribution is -2.18. The molecule has 1 aromatic heterocycles. The van der Waals surface area contributed by atoms with Crippen LogP contribution in [0.25, 0.3) is 22.1 Å². The lowest BCUT2D eigenvalue weighted by atomic mass is 9.94. The quantitative estimate of drug-likeness (QED) is 0.327. The van der Waals surface area contributed by atoms with Crippen molar-refractivity contribution in [2.45, 2.75) is 25.8 Å². The van der Waals surface area contributed by atoms with E-state index in [1.54, 1.807) is 43.3 Å². The third-order valence-corrected chi connectivity index (χ3v) is 5.80. The van der Waals surface area contributed by atoms with Gasteiger partial charge in [0.25, 0.3) is 5.91 Å². The summed E-state index contributed by atoms with van der Waals surface area (Å²) in [6.07, 6.45) is 1.57. The molecule has 0 aliphatic heterocycles. The third kappa shape index (κ3) is 4.04. The molecule has 0 fully saturated rings. The zero-order valence-electron chi connectivity index (χ0n) is 18.3. The Morgan fingerprint density at radius 3 is 2.53 bits per heavy atom. The highest BCUT2D eigenvalue weighted by molar-refractivity contribution is 6.09. The average molecular weight is 464 g/mol. The summed E-state index contributed by atoms with van der Waals surface area (Å²) >= 11 is 0. The molecule has 0 radical (unpaired) electrons. The summed E-state index contributed by atoms with van der Waals surface area (Å²) in [7, 11) is 0. The number of hydrogen-bond donors (Lipinski definition) is 3. The fourth-order valence-corrected chi connectivity index (χ4v) is 4.05. The Morgan fingerprint density at radius 1 is 1.06 bits per heavy atom. The first kappa shape index (κ1) is 23.1. The van der Waals surface area contributed by atoms with Crippen molar-refractivity contribution in [2.24, 2.45) is 5.73 Å². The van der Waals surface area contributed by atoms with Crippen molar-refractivity contribution in [1.82, 2.24) is 0 Å². The highest BCUT2D eigenvalue weighted by Crippen LogP contribution is 2.36. The van der Waals surface area contributed by atoms with Gasteiger partial charge in [-0.05, 0) is 30.2 Å². The van der Waals surface area contributed by atoms with E-state index < -0.39 is 29.4 Å². The number of halogens is 2. The number of aliphatic carboxylic acids is 1. The first-order valence-corrected chi connectivity index (χ1v) is 10.7. The van der Waals surface area contributed by atoms with E-state index in [0.717, 1.165) is 0 Å². The first-order chi connectivity index (χ1) is 16.4. The van der Waals surface area contributed by atoms with Crippen molar-refractivity contribution in [1.29, 1.82) is 0 Å². The second-order valence-electron chi connectivity index (χ2n) is 7.77. The Hall–Kier alpha value is -4.04. The maximum atomic E-state index is 15.3. The highest BCUT2D eigenvalue weighted by atomic mass is 19.1. The average Bonchev–Trinajstić information content (AvgIpc) is 3.32. The molecular weight excluding hydrogens is 442 g/mol. The van der Waals surface area contributed by atoms with Gasteiger partial charge in [-0.15, -0.1) is 0 Å². The molecule has 4 rings (SSSR count). The molecule has 0 bridgehead atoms. The molecule has 8 heteroatoms. The summed E-state index contributed by atoms with van der Waals surface area (Å²) in [5, 5.41) is 12.2. The molecule has 0 saturated carbocycles. The molecule has 34 heavy (non-hydrogen) atoms. The van der Waals surface area contributed by atoms with Crippen LogP contribution in [-0.4, -0.2) is 17.0 Å². The number of amides is 1. The van der Waals surface area contributed by atoms with Gasteiger partial charge in [-0.1, -0.05) is 43.3 Å². The Kier molecular flexibility index (Phi) is 6.43. The van der Waals surface area contributed by atoms with Crippen LogP contribution in [0.2, 0.25) is 0 Å². The van der Waals surface area contributed by atoms with Crippen LogP contribution in [0.5, 0.6) is 0 Å². The lowest BCUT2D eigenvalue weighted by Gasteiger charge is -2.17. The molecule has 1 amide bonds. The second-order valence-corrected chi connectivity index (χ2v) is 7.77. The van der Waals surface area contributed by atoms with Crippen LogP contribution >= 0.6 is 0 Å². The molecule has 1 atom stereocenters. The molecule has 4 N–H and O–H groups in total. The monoisotopic (exact) mass is 464 g/mol. The number of carboxylic acids is 1. The highest BCUT2D eigenvalue weighted by Gasteiger charge is 2.25. The summed E-state index contributed by atoms with van der Waals surface area (Å²) in [4.78, 5) is 24.9. The summed E-state index contributed by atoms with van der Waals surface area (Å²) in [6.45, 7) is 1.69. The fourth-order valence-electron chi connectivity index (χ4n) is 4.05. The van der Waals surface area contributed by atoms with Gasteiger partial charge in [0, 0.05) is 28.9 Å². The number of anilines is 1. The minimum atomic E-state index is -1.03. The van der Waals surface area contributed by atoms with Gasteiger partial charge in [0.05, 0.1) is 23.1 Å². The Bertz CT molecular complexity index is 1400. The molecule has 174 valence electrons. The maximum absolute atomic E-state index is 15.3. The molecule has 0 aliphatic carbocycles. The van der Waals surface area contributed by atoms with E-state index in [2.05, 4.69) is 5.32 Å². The van der Waals surface area contributed by atoms with E-state index in [1.807, 2.05) is 0 Å². The van der Waals surface area contributed by atoms with Crippen LogP contribution in [0.4, 0.5) is 14.5 Å². The molecule has 0 aliphatic rings. The first-order valence-electron chi connectivity index (χ1n) is 10.7. The van der Waals surface area contributed by atoms with Gasteiger partial charge in [-0.25, -0.2) is 8.78 Å². The predicted molar refractivity (Wildman–Crippen MR) is 125 cm³/mol. The van der Waals surface area contributed by atoms with E-state index in [4.69, 9.17) is 10.2 Å². The number of nitrogens with two attached hydrogens (primary N) is 1. The van der Waals surface area contributed by atoms with E-state index >= 15 is 8.78 Å². The summed E-state index contributed by atoms with van der Waals surface area (Å²) in [5.74, 6) is -4.10. The van der Waals surface area contributed by atoms with Gasteiger partial charge in [0.1, 0.15) is 17.2 Å². The molecule has 4 aromatic rings. The van der Waals surface area contributed by atoms with Gasteiger partial charge in [0.15, 0.2) is 0 Å². The van der Waals surface area contributed by atoms with Crippen LogP contribution in [0.3, 0.4) is 0 Å².